The number of alkyl halides is 3. The van der Waals surface area contributed by atoms with Gasteiger partial charge in [-0.3, -0.25) is 10.1 Å². The maximum atomic E-state index is 13.1. The van der Waals surface area contributed by atoms with Crippen molar-refractivity contribution in [2.75, 3.05) is 31.8 Å². The molecule has 33 heavy (non-hydrogen) atoms. The van der Waals surface area contributed by atoms with Gasteiger partial charge in [0.15, 0.2) is 10.9 Å². The number of benzene rings is 1. The van der Waals surface area contributed by atoms with Crippen LogP contribution in [0.25, 0.3) is 0 Å². The van der Waals surface area contributed by atoms with Crippen LogP contribution in [0.1, 0.15) is 33.3 Å². The summed E-state index contributed by atoms with van der Waals surface area (Å²) >= 11 is 6.78. The molecule has 0 bridgehead atoms. The fraction of sp³-hybridized carbons (Fsp3) is 0.300. The number of hydrogen-bond acceptors (Lipinski definition) is 7. The van der Waals surface area contributed by atoms with Crippen molar-refractivity contribution in [2.24, 2.45) is 4.99 Å². The fourth-order valence-corrected chi connectivity index (χ4v) is 3.10. The molecule has 1 aromatic heterocycles. The minimum atomic E-state index is -4.69. The van der Waals surface area contributed by atoms with Gasteiger partial charge >= 0.3 is 18.2 Å². The highest BCUT2D eigenvalue weighted by Crippen LogP contribution is 2.35. The highest BCUT2D eigenvalue weighted by Gasteiger charge is 2.34. The molecule has 0 saturated heterocycles. The smallest absolute Gasteiger partial charge is 0.417 e. The summed E-state index contributed by atoms with van der Waals surface area (Å²) in [4.78, 5) is 33.6. The number of oxazole rings is 1. The van der Waals surface area contributed by atoms with E-state index >= 15 is 0 Å². The van der Waals surface area contributed by atoms with Crippen molar-refractivity contribution < 1.29 is 31.9 Å². The Hall–Kier alpha value is -2.99. The number of aromatic nitrogens is 1. The van der Waals surface area contributed by atoms with Crippen molar-refractivity contribution in [3.8, 4) is 0 Å². The second-order valence-electron chi connectivity index (χ2n) is 6.42. The maximum absolute atomic E-state index is 13.1. The van der Waals surface area contributed by atoms with E-state index in [1.54, 1.807) is 13.2 Å². The summed E-state index contributed by atoms with van der Waals surface area (Å²) in [5, 5.41) is 2.56. The number of halogens is 4. The number of anilines is 1. The predicted octanol–water partition coefficient (Wildman–Crippen LogP) is 4.94. The van der Waals surface area contributed by atoms with E-state index in [1.165, 1.54) is 24.9 Å². The average molecular weight is 505 g/mol. The van der Waals surface area contributed by atoms with E-state index < -0.39 is 28.6 Å². The number of thioether (sulfide) groups is 1. The number of rotatable bonds is 7. The molecule has 1 N–H and O–H groups in total. The topological polar surface area (TPSA) is 97.0 Å². The Morgan fingerprint density at radius 3 is 2.70 bits per heavy atom. The first-order valence-electron chi connectivity index (χ1n) is 9.28. The number of ether oxygens (including phenoxy) is 1. The van der Waals surface area contributed by atoms with Gasteiger partial charge in [0.05, 0.1) is 29.4 Å². The van der Waals surface area contributed by atoms with Gasteiger partial charge < -0.3 is 14.1 Å². The third kappa shape index (κ3) is 7.26. The average Bonchev–Trinajstić information content (AvgIpc) is 3.21. The third-order valence-corrected chi connectivity index (χ3v) is 4.85. The molecular formula is C20H20ClF3N4O4S. The van der Waals surface area contributed by atoms with Crippen LogP contribution in [0.4, 0.5) is 19.2 Å². The van der Waals surface area contributed by atoms with E-state index in [1.807, 2.05) is 0 Å². The fourth-order valence-electron chi connectivity index (χ4n) is 2.47. The van der Waals surface area contributed by atoms with Crippen LogP contribution in [-0.4, -0.2) is 53.4 Å². The van der Waals surface area contributed by atoms with Crippen molar-refractivity contribution in [1.82, 2.24) is 9.88 Å². The van der Waals surface area contributed by atoms with E-state index in [0.717, 1.165) is 17.2 Å². The number of carbonyl (C=O) groups excluding carboxylic acids is 2. The molecule has 2 rings (SSSR count). The van der Waals surface area contributed by atoms with Crippen LogP contribution in [0.2, 0.25) is 5.02 Å². The minimum absolute atomic E-state index is 0.00997. The lowest BCUT2D eigenvalue weighted by Crippen LogP contribution is -2.29. The molecule has 2 aromatic rings. The molecule has 0 atom stereocenters. The zero-order valence-electron chi connectivity index (χ0n) is 17.8. The van der Waals surface area contributed by atoms with Gasteiger partial charge in [0, 0.05) is 12.6 Å². The normalized spacial score (nSPS) is 11.8. The summed E-state index contributed by atoms with van der Waals surface area (Å²) in [6.45, 7) is 5.54. The van der Waals surface area contributed by atoms with Crippen LogP contribution in [0.15, 0.2) is 46.1 Å². The van der Waals surface area contributed by atoms with Gasteiger partial charge in [-0.05, 0) is 31.4 Å². The number of amidine groups is 1. The molecule has 13 heteroatoms. The van der Waals surface area contributed by atoms with Gasteiger partial charge in [0.1, 0.15) is 6.26 Å². The van der Waals surface area contributed by atoms with Crippen molar-refractivity contribution in [1.29, 1.82) is 0 Å². The van der Waals surface area contributed by atoms with E-state index in [0.29, 0.717) is 11.2 Å². The Morgan fingerprint density at radius 1 is 1.39 bits per heavy atom. The number of esters is 1. The Balaban J connectivity index is 2.07. The van der Waals surface area contributed by atoms with Crippen molar-refractivity contribution in [3.05, 3.63) is 58.6 Å². The molecule has 1 aromatic carbocycles. The molecule has 0 radical (unpaired) electrons. The van der Waals surface area contributed by atoms with E-state index in [2.05, 4.69) is 21.9 Å². The largest absolute Gasteiger partial charge is 0.461 e. The molecule has 8 nitrogen and oxygen atoms in total. The second kappa shape index (κ2) is 11.2. The Kier molecular flexibility index (Phi) is 8.94. The van der Waals surface area contributed by atoms with Crippen LogP contribution in [-0.2, 0) is 10.9 Å². The van der Waals surface area contributed by atoms with Crippen LogP contribution < -0.4 is 5.32 Å². The van der Waals surface area contributed by atoms with Gasteiger partial charge in [-0.2, -0.15) is 18.2 Å². The molecule has 0 saturated carbocycles. The van der Waals surface area contributed by atoms with E-state index in [9.17, 15) is 22.8 Å². The molecule has 1 amide bonds. The highest BCUT2D eigenvalue weighted by atomic mass is 35.5. The number of hydrogen-bond donors (Lipinski definition) is 1. The quantitative estimate of drug-likeness (QED) is 0.324. The van der Waals surface area contributed by atoms with E-state index in [-0.39, 0.29) is 36.1 Å². The van der Waals surface area contributed by atoms with Gasteiger partial charge in [-0.25, -0.2) is 9.79 Å². The van der Waals surface area contributed by atoms with Crippen LogP contribution in [0.5, 0.6) is 0 Å². The summed E-state index contributed by atoms with van der Waals surface area (Å²) in [5.74, 6) is -1.31. The summed E-state index contributed by atoms with van der Waals surface area (Å²) < 4.78 is 49.2. The summed E-state index contributed by atoms with van der Waals surface area (Å²) in [6, 6.07) is 2.92. The monoisotopic (exact) mass is 504 g/mol. The maximum Gasteiger partial charge on any atom is 0.417 e. The van der Waals surface area contributed by atoms with Gasteiger partial charge in [-0.15, -0.1) is 0 Å². The molecule has 0 unspecified atom stereocenters. The number of nitrogens with one attached hydrogen (secondary N) is 1. The zero-order valence-corrected chi connectivity index (χ0v) is 19.4. The van der Waals surface area contributed by atoms with Gasteiger partial charge in [-0.1, -0.05) is 29.9 Å². The molecule has 1 heterocycles. The Morgan fingerprint density at radius 2 is 2.09 bits per heavy atom. The summed E-state index contributed by atoms with van der Waals surface area (Å²) in [7, 11) is 1.40. The van der Waals surface area contributed by atoms with Gasteiger partial charge in [0.25, 0.3) is 5.91 Å². The van der Waals surface area contributed by atoms with Gasteiger partial charge in [0.2, 0.25) is 0 Å². The molecule has 0 fully saturated rings. The van der Waals surface area contributed by atoms with Crippen molar-refractivity contribution in [3.63, 3.8) is 0 Å². The SMILES string of the molecule is C=C(CN(C)C(=O)c1ccc(Cl)c(C(F)(F)F)c1)/N=C(\Nc1nc(C(=O)OCC)co1)SC. The first kappa shape index (κ1) is 26.3. The molecule has 0 aliphatic heterocycles. The van der Waals surface area contributed by atoms with Crippen LogP contribution in [0, 0.1) is 0 Å². The Labute approximate surface area is 196 Å². The van der Waals surface area contributed by atoms with Crippen LogP contribution in [0.3, 0.4) is 0 Å². The predicted molar refractivity (Wildman–Crippen MR) is 120 cm³/mol. The highest BCUT2D eigenvalue weighted by molar-refractivity contribution is 8.13. The minimum Gasteiger partial charge on any atom is -0.461 e. The lowest BCUT2D eigenvalue weighted by molar-refractivity contribution is -0.137. The number of amides is 1. The standard InChI is InChI=1S/C20H20ClF3N4O4S/c1-5-31-17(30)15-10-32-18(26-15)27-19(33-4)25-11(2)9-28(3)16(29)12-6-7-14(21)13(8-12)20(22,23)24/h6-8,10H,2,5,9H2,1,3-4H3,(H,25,26,27). The molecule has 0 spiro atoms. The van der Waals surface area contributed by atoms with E-state index in [4.69, 9.17) is 20.8 Å². The second-order valence-corrected chi connectivity index (χ2v) is 7.63. The number of nitrogens with zero attached hydrogens (tertiary/aromatic N) is 3. The number of carbonyl (C=O) groups is 2. The lowest BCUT2D eigenvalue weighted by atomic mass is 10.1. The third-order valence-electron chi connectivity index (χ3n) is 3.94. The number of likely N-dealkylation sites (N-methyl/N-ethyl adjacent to an activating group) is 1. The summed E-state index contributed by atoms with van der Waals surface area (Å²) in [5.41, 5.74) is -1.07. The zero-order chi connectivity index (χ0) is 24.8. The number of aliphatic imine (C=N–C) groups is 1. The van der Waals surface area contributed by atoms with Crippen molar-refractivity contribution in [2.45, 2.75) is 13.1 Å². The molecule has 0 aliphatic carbocycles. The first-order valence-corrected chi connectivity index (χ1v) is 10.9. The first-order chi connectivity index (χ1) is 15.5. The lowest BCUT2D eigenvalue weighted by Gasteiger charge is -2.18. The van der Waals surface area contributed by atoms with Crippen LogP contribution >= 0.6 is 23.4 Å². The van der Waals surface area contributed by atoms with Crippen molar-refractivity contribution >= 4 is 46.4 Å². The molecule has 0 aliphatic rings. The Bertz CT molecular complexity index is 1070. The summed E-state index contributed by atoms with van der Waals surface area (Å²) in [6.07, 6.45) is -1.86. The molecule has 178 valence electrons. The molecular weight excluding hydrogens is 485 g/mol.